The summed E-state index contributed by atoms with van der Waals surface area (Å²) in [6.07, 6.45) is 3.84. The zero-order chi connectivity index (χ0) is 10.5. The number of hydrogen-bond acceptors (Lipinski definition) is 2. The molecule has 0 radical (unpaired) electrons. The van der Waals surface area contributed by atoms with Crippen LogP contribution in [0.4, 0.5) is 0 Å². The van der Waals surface area contributed by atoms with Crippen molar-refractivity contribution in [1.82, 2.24) is 0 Å². The first-order valence-corrected chi connectivity index (χ1v) is 5.44. The van der Waals surface area contributed by atoms with Gasteiger partial charge in [-0.15, -0.1) is 11.6 Å². The number of ether oxygens (including phenoxy) is 1. The zero-order valence-electron chi connectivity index (χ0n) is 8.66. The molecule has 78 valence electrons. The molecule has 2 aliphatic rings. The van der Waals surface area contributed by atoms with Gasteiger partial charge >= 0.3 is 0 Å². The third-order valence-electron chi connectivity index (χ3n) is 3.16. The molecule has 14 heavy (non-hydrogen) atoms. The molecule has 2 bridgehead atoms. The van der Waals surface area contributed by atoms with Crippen molar-refractivity contribution in [3.05, 3.63) is 12.2 Å². The molecule has 4 atom stereocenters. The molecule has 2 heterocycles. The van der Waals surface area contributed by atoms with E-state index >= 15 is 0 Å². The lowest BCUT2D eigenvalue weighted by Gasteiger charge is -2.39. The first-order chi connectivity index (χ1) is 6.46. The average molecular weight is 215 g/mol. The molecule has 1 saturated heterocycles. The van der Waals surface area contributed by atoms with Crippen LogP contribution in [0.15, 0.2) is 12.2 Å². The normalized spacial score (nSPS) is 46.4. The van der Waals surface area contributed by atoms with Crippen molar-refractivity contribution in [2.24, 2.45) is 11.8 Å². The van der Waals surface area contributed by atoms with Gasteiger partial charge < -0.3 is 4.74 Å². The molecule has 2 nitrogen and oxygen atoms in total. The second-order valence-corrected chi connectivity index (χ2v) is 5.10. The molecule has 0 spiro atoms. The molecule has 0 saturated carbocycles. The van der Waals surface area contributed by atoms with E-state index in [0.29, 0.717) is 0 Å². The highest BCUT2D eigenvalue weighted by Crippen LogP contribution is 2.42. The summed E-state index contributed by atoms with van der Waals surface area (Å²) in [7, 11) is 0. The van der Waals surface area contributed by atoms with Crippen molar-refractivity contribution in [2.45, 2.75) is 37.9 Å². The van der Waals surface area contributed by atoms with Crippen LogP contribution in [-0.2, 0) is 9.53 Å². The molecular weight excluding hydrogens is 200 g/mol. The van der Waals surface area contributed by atoms with Crippen molar-refractivity contribution in [3.63, 3.8) is 0 Å². The standard InChI is InChI=1S/C11H15ClO2/c1-6(2)8-7-4-5-11(3,14-7)10(12)9(8)13/h4-8,10H,1-3H3. The molecule has 2 rings (SSSR count). The summed E-state index contributed by atoms with van der Waals surface area (Å²) in [5, 5.41) is -0.537. The van der Waals surface area contributed by atoms with Crippen LogP contribution in [0.3, 0.4) is 0 Å². The van der Waals surface area contributed by atoms with Gasteiger partial charge in [0.1, 0.15) is 11.0 Å². The first-order valence-electron chi connectivity index (χ1n) is 5.00. The van der Waals surface area contributed by atoms with Gasteiger partial charge in [0.15, 0.2) is 5.78 Å². The fourth-order valence-corrected chi connectivity index (χ4v) is 2.59. The van der Waals surface area contributed by atoms with E-state index in [1.807, 2.05) is 32.9 Å². The minimum Gasteiger partial charge on any atom is -0.361 e. The SMILES string of the molecule is CC(C)C1C(=O)C(Cl)C2(C)C=CC1O2. The Morgan fingerprint density at radius 3 is 2.79 bits per heavy atom. The Morgan fingerprint density at radius 2 is 2.21 bits per heavy atom. The zero-order valence-corrected chi connectivity index (χ0v) is 9.41. The first kappa shape index (κ1) is 10.2. The van der Waals surface area contributed by atoms with Gasteiger partial charge in [-0.25, -0.2) is 0 Å². The fraction of sp³-hybridized carbons (Fsp3) is 0.727. The Labute approximate surface area is 89.3 Å². The summed E-state index contributed by atoms with van der Waals surface area (Å²) in [6.45, 7) is 5.93. The van der Waals surface area contributed by atoms with Gasteiger partial charge in [0.25, 0.3) is 0 Å². The molecule has 1 fully saturated rings. The lowest BCUT2D eigenvalue weighted by atomic mass is 9.81. The molecule has 0 aromatic rings. The maximum atomic E-state index is 12.0. The second-order valence-electron chi connectivity index (χ2n) is 4.66. The van der Waals surface area contributed by atoms with Crippen LogP contribution in [0.5, 0.6) is 0 Å². The van der Waals surface area contributed by atoms with E-state index < -0.39 is 11.0 Å². The van der Waals surface area contributed by atoms with E-state index in [9.17, 15) is 4.79 Å². The Morgan fingerprint density at radius 1 is 1.57 bits per heavy atom. The monoisotopic (exact) mass is 214 g/mol. The Bertz CT molecular complexity index is 298. The Hall–Kier alpha value is -0.340. The number of halogens is 1. The van der Waals surface area contributed by atoms with Crippen molar-refractivity contribution in [1.29, 1.82) is 0 Å². The summed E-state index contributed by atoms with van der Waals surface area (Å²) in [6, 6.07) is 0. The van der Waals surface area contributed by atoms with Gasteiger partial charge in [-0.3, -0.25) is 4.79 Å². The molecule has 0 amide bonds. The van der Waals surface area contributed by atoms with Gasteiger partial charge in [0.2, 0.25) is 0 Å². The highest BCUT2D eigenvalue weighted by molar-refractivity contribution is 6.33. The van der Waals surface area contributed by atoms with Gasteiger partial charge in [0, 0.05) is 0 Å². The number of Topliss-reactive ketones (excluding diaryl/α,β-unsaturated/α-hetero) is 1. The highest BCUT2D eigenvalue weighted by atomic mass is 35.5. The smallest absolute Gasteiger partial charge is 0.160 e. The van der Waals surface area contributed by atoms with E-state index in [1.165, 1.54) is 0 Å². The number of ketones is 1. The van der Waals surface area contributed by atoms with Crippen molar-refractivity contribution < 1.29 is 9.53 Å². The van der Waals surface area contributed by atoms with Crippen LogP contribution >= 0.6 is 11.6 Å². The lowest BCUT2D eigenvalue weighted by Crippen LogP contribution is -2.52. The van der Waals surface area contributed by atoms with Gasteiger partial charge in [-0.2, -0.15) is 0 Å². The van der Waals surface area contributed by atoms with Crippen LogP contribution in [0.1, 0.15) is 20.8 Å². The summed E-state index contributed by atoms with van der Waals surface area (Å²) in [5.74, 6) is 0.329. The minimum absolute atomic E-state index is 0.0671. The van der Waals surface area contributed by atoms with Crippen LogP contribution in [0, 0.1) is 11.8 Å². The lowest BCUT2D eigenvalue weighted by molar-refractivity contribution is -0.147. The Balaban J connectivity index is 2.34. The summed E-state index contributed by atoms with van der Waals surface area (Å²) >= 11 is 6.11. The molecule has 3 heteroatoms. The largest absolute Gasteiger partial charge is 0.361 e. The number of carbonyl (C=O) groups excluding carboxylic acids is 1. The number of alkyl halides is 1. The number of fused-ring (bicyclic) bond motifs is 2. The highest BCUT2D eigenvalue weighted by Gasteiger charge is 2.52. The quantitative estimate of drug-likeness (QED) is 0.494. The maximum absolute atomic E-state index is 12.0. The molecule has 2 aliphatic heterocycles. The Kier molecular flexibility index (Phi) is 2.24. The predicted octanol–water partition coefficient (Wildman–Crippen LogP) is 2.16. The maximum Gasteiger partial charge on any atom is 0.160 e. The second kappa shape index (κ2) is 3.07. The fourth-order valence-electron chi connectivity index (χ4n) is 2.32. The van der Waals surface area contributed by atoms with E-state index in [0.717, 1.165) is 0 Å². The van der Waals surface area contributed by atoms with Crippen LogP contribution < -0.4 is 0 Å². The summed E-state index contributed by atoms with van der Waals surface area (Å²) < 4.78 is 5.78. The minimum atomic E-state index is -0.575. The molecular formula is C11H15ClO2. The summed E-state index contributed by atoms with van der Waals surface area (Å²) in [5.41, 5.74) is -0.575. The van der Waals surface area contributed by atoms with Crippen LogP contribution in [-0.4, -0.2) is 22.9 Å². The van der Waals surface area contributed by atoms with Crippen molar-refractivity contribution in [2.75, 3.05) is 0 Å². The molecule has 4 unspecified atom stereocenters. The molecule has 0 aromatic heterocycles. The van der Waals surface area contributed by atoms with E-state index in [1.54, 1.807) is 0 Å². The van der Waals surface area contributed by atoms with Gasteiger partial charge in [-0.1, -0.05) is 26.0 Å². The topological polar surface area (TPSA) is 26.3 Å². The summed E-state index contributed by atoms with van der Waals surface area (Å²) in [4.78, 5) is 12.0. The van der Waals surface area contributed by atoms with Crippen molar-refractivity contribution >= 4 is 17.4 Å². The number of hydrogen-bond donors (Lipinski definition) is 0. The number of carbonyl (C=O) groups is 1. The van der Waals surface area contributed by atoms with Crippen molar-refractivity contribution in [3.8, 4) is 0 Å². The van der Waals surface area contributed by atoms with Gasteiger partial charge in [0.05, 0.1) is 12.0 Å². The third-order valence-corrected chi connectivity index (χ3v) is 3.81. The molecule has 0 aliphatic carbocycles. The number of rotatable bonds is 1. The molecule has 0 N–H and O–H groups in total. The average Bonchev–Trinajstić information content (AvgIpc) is 2.43. The third kappa shape index (κ3) is 1.24. The van der Waals surface area contributed by atoms with Crippen LogP contribution in [0.25, 0.3) is 0 Å². The van der Waals surface area contributed by atoms with Crippen LogP contribution in [0.2, 0.25) is 0 Å². The van der Waals surface area contributed by atoms with E-state index in [4.69, 9.17) is 16.3 Å². The predicted molar refractivity (Wildman–Crippen MR) is 55.4 cm³/mol. The van der Waals surface area contributed by atoms with E-state index in [-0.39, 0.29) is 23.7 Å². The van der Waals surface area contributed by atoms with Gasteiger partial charge in [-0.05, 0) is 12.8 Å². The molecule has 0 aromatic carbocycles. The van der Waals surface area contributed by atoms with E-state index in [2.05, 4.69) is 0 Å².